The van der Waals surface area contributed by atoms with Gasteiger partial charge in [0.25, 0.3) is 0 Å². The Bertz CT molecular complexity index is 455. The number of aromatic nitrogens is 2. The molecule has 18 heavy (non-hydrogen) atoms. The van der Waals surface area contributed by atoms with Gasteiger partial charge in [-0.25, -0.2) is 4.98 Å². The summed E-state index contributed by atoms with van der Waals surface area (Å²) < 4.78 is 6.96. The number of carbonyl (C=O) groups is 1. The predicted molar refractivity (Wildman–Crippen MR) is 68.1 cm³/mol. The van der Waals surface area contributed by atoms with Gasteiger partial charge in [-0.1, -0.05) is 0 Å². The minimum absolute atomic E-state index is 0.240. The first kappa shape index (κ1) is 13.1. The minimum Gasteiger partial charge on any atom is -0.468 e. The number of carbonyl (C=O) groups excluding carboxylic acids is 1. The highest BCUT2D eigenvalue weighted by atomic mass is 16.5. The first-order chi connectivity index (χ1) is 8.48. The van der Waals surface area contributed by atoms with Crippen molar-refractivity contribution in [3.05, 3.63) is 17.7 Å². The standard InChI is InChI=1S/C13H21N3O2/c1-9-10(2)16(8-15-9)11-5-4-6-13(14,7-11)12(17)18-3/h8,11H,4-7,14H2,1-3H3. The zero-order valence-corrected chi connectivity index (χ0v) is 11.3. The number of hydrogen-bond donors (Lipinski definition) is 1. The Labute approximate surface area is 107 Å². The number of imidazole rings is 1. The van der Waals surface area contributed by atoms with Gasteiger partial charge in [0.2, 0.25) is 0 Å². The normalized spacial score (nSPS) is 28.1. The molecule has 1 fully saturated rings. The summed E-state index contributed by atoms with van der Waals surface area (Å²) in [6, 6.07) is 0.240. The number of nitrogens with two attached hydrogens (primary N) is 1. The molecule has 0 saturated heterocycles. The maximum absolute atomic E-state index is 11.8. The fourth-order valence-corrected chi connectivity index (χ4v) is 2.79. The highest BCUT2D eigenvalue weighted by molar-refractivity contribution is 5.80. The molecule has 2 rings (SSSR count). The van der Waals surface area contributed by atoms with E-state index in [1.54, 1.807) is 0 Å². The van der Waals surface area contributed by atoms with Crippen LogP contribution in [0.15, 0.2) is 6.33 Å². The largest absolute Gasteiger partial charge is 0.468 e. The van der Waals surface area contributed by atoms with Crippen LogP contribution >= 0.6 is 0 Å². The summed E-state index contributed by atoms with van der Waals surface area (Å²) in [6.07, 6.45) is 5.14. The second-order valence-electron chi connectivity index (χ2n) is 5.22. The van der Waals surface area contributed by atoms with Gasteiger partial charge in [0, 0.05) is 11.7 Å². The molecule has 5 nitrogen and oxygen atoms in total. The lowest BCUT2D eigenvalue weighted by atomic mass is 9.79. The molecule has 0 aromatic carbocycles. The van der Waals surface area contributed by atoms with Crippen molar-refractivity contribution in [3.63, 3.8) is 0 Å². The van der Waals surface area contributed by atoms with Gasteiger partial charge in [-0.15, -0.1) is 0 Å². The number of rotatable bonds is 2. The van der Waals surface area contributed by atoms with Crippen molar-refractivity contribution in [3.8, 4) is 0 Å². The molecule has 2 N–H and O–H groups in total. The second kappa shape index (κ2) is 4.72. The highest BCUT2D eigenvalue weighted by Gasteiger charge is 2.41. The van der Waals surface area contributed by atoms with E-state index in [0.29, 0.717) is 12.8 Å². The first-order valence-electron chi connectivity index (χ1n) is 6.35. The van der Waals surface area contributed by atoms with E-state index in [4.69, 9.17) is 10.5 Å². The Morgan fingerprint density at radius 2 is 2.33 bits per heavy atom. The van der Waals surface area contributed by atoms with Crippen molar-refractivity contribution in [2.24, 2.45) is 5.73 Å². The molecule has 2 atom stereocenters. The van der Waals surface area contributed by atoms with Crippen molar-refractivity contribution in [2.75, 3.05) is 7.11 Å². The second-order valence-corrected chi connectivity index (χ2v) is 5.22. The lowest BCUT2D eigenvalue weighted by molar-refractivity contribution is -0.148. The highest BCUT2D eigenvalue weighted by Crippen LogP contribution is 2.35. The number of methoxy groups -OCH3 is 1. The Morgan fingerprint density at radius 3 is 2.89 bits per heavy atom. The van der Waals surface area contributed by atoms with E-state index in [-0.39, 0.29) is 12.0 Å². The summed E-state index contributed by atoms with van der Waals surface area (Å²) in [5, 5.41) is 0. The molecule has 0 radical (unpaired) electrons. The maximum Gasteiger partial charge on any atom is 0.325 e. The quantitative estimate of drug-likeness (QED) is 0.808. The molecule has 2 unspecified atom stereocenters. The van der Waals surface area contributed by atoms with Crippen LogP contribution in [0.25, 0.3) is 0 Å². The average molecular weight is 251 g/mol. The number of hydrogen-bond acceptors (Lipinski definition) is 4. The van der Waals surface area contributed by atoms with Crippen LogP contribution in [-0.2, 0) is 9.53 Å². The van der Waals surface area contributed by atoms with Crippen molar-refractivity contribution < 1.29 is 9.53 Å². The van der Waals surface area contributed by atoms with Gasteiger partial charge < -0.3 is 15.0 Å². The SMILES string of the molecule is COC(=O)C1(N)CCCC(n2cnc(C)c2C)C1. The van der Waals surface area contributed by atoms with Gasteiger partial charge in [0.05, 0.1) is 19.1 Å². The summed E-state index contributed by atoms with van der Waals surface area (Å²) in [6.45, 7) is 4.04. The predicted octanol–water partition coefficient (Wildman–Crippen LogP) is 1.49. The van der Waals surface area contributed by atoms with E-state index in [1.807, 2.05) is 20.2 Å². The van der Waals surface area contributed by atoms with Crippen molar-refractivity contribution >= 4 is 5.97 Å². The van der Waals surface area contributed by atoms with Crippen molar-refractivity contribution in [1.29, 1.82) is 0 Å². The molecule has 1 saturated carbocycles. The summed E-state index contributed by atoms with van der Waals surface area (Å²) in [7, 11) is 1.40. The van der Waals surface area contributed by atoms with E-state index in [2.05, 4.69) is 9.55 Å². The van der Waals surface area contributed by atoms with Gasteiger partial charge in [-0.3, -0.25) is 4.79 Å². The van der Waals surface area contributed by atoms with E-state index in [9.17, 15) is 4.79 Å². The Balaban J connectivity index is 2.21. The third-order valence-electron chi connectivity index (χ3n) is 4.03. The van der Waals surface area contributed by atoms with Crippen molar-refractivity contribution in [2.45, 2.75) is 51.1 Å². The molecular weight excluding hydrogens is 230 g/mol. The van der Waals surface area contributed by atoms with Crippen LogP contribution in [0.5, 0.6) is 0 Å². The Kier molecular flexibility index (Phi) is 3.43. The van der Waals surface area contributed by atoms with E-state index in [1.165, 1.54) is 7.11 Å². The molecule has 100 valence electrons. The molecule has 1 aliphatic rings. The first-order valence-corrected chi connectivity index (χ1v) is 6.35. The maximum atomic E-state index is 11.8. The van der Waals surface area contributed by atoms with Crippen LogP contribution in [-0.4, -0.2) is 28.2 Å². The topological polar surface area (TPSA) is 70.1 Å². The van der Waals surface area contributed by atoms with Crippen LogP contribution in [0.4, 0.5) is 0 Å². The molecule has 1 heterocycles. The summed E-state index contributed by atoms with van der Waals surface area (Å²) in [5.74, 6) is -0.304. The van der Waals surface area contributed by atoms with Gasteiger partial charge in [-0.05, 0) is 39.5 Å². The van der Waals surface area contributed by atoms with Gasteiger partial charge in [0.1, 0.15) is 5.54 Å². The van der Waals surface area contributed by atoms with Crippen LogP contribution in [0.2, 0.25) is 0 Å². The monoisotopic (exact) mass is 251 g/mol. The number of ether oxygens (including phenoxy) is 1. The van der Waals surface area contributed by atoms with Gasteiger partial charge in [-0.2, -0.15) is 0 Å². The van der Waals surface area contributed by atoms with Crippen LogP contribution in [0, 0.1) is 13.8 Å². The summed E-state index contributed by atoms with van der Waals surface area (Å²) in [4.78, 5) is 16.1. The lowest BCUT2D eigenvalue weighted by Crippen LogP contribution is -2.52. The number of nitrogens with zero attached hydrogens (tertiary/aromatic N) is 2. The zero-order valence-electron chi connectivity index (χ0n) is 11.3. The lowest BCUT2D eigenvalue weighted by Gasteiger charge is -2.36. The average Bonchev–Trinajstić information content (AvgIpc) is 2.69. The van der Waals surface area contributed by atoms with Crippen LogP contribution in [0.3, 0.4) is 0 Å². The van der Waals surface area contributed by atoms with E-state index >= 15 is 0 Å². The third-order valence-corrected chi connectivity index (χ3v) is 4.03. The summed E-state index contributed by atoms with van der Waals surface area (Å²) in [5.41, 5.74) is 7.52. The Morgan fingerprint density at radius 1 is 1.61 bits per heavy atom. The zero-order chi connectivity index (χ0) is 13.3. The fraction of sp³-hybridized carbons (Fsp3) is 0.692. The molecular formula is C13H21N3O2. The molecule has 0 spiro atoms. The molecule has 0 aliphatic heterocycles. The number of esters is 1. The molecule has 5 heteroatoms. The Hall–Kier alpha value is -1.36. The fourth-order valence-electron chi connectivity index (χ4n) is 2.79. The molecule has 1 aromatic rings. The third kappa shape index (κ3) is 2.14. The smallest absolute Gasteiger partial charge is 0.325 e. The van der Waals surface area contributed by atoms with Crippen molar-refractivity contribution in [1.82, 2.24) is 9.55 Å². The van der Waals surface area contributed by atoms with E-state index in [0.717, 1.165) is 24.2 Å². The number of aryl methyl sites for hydroxylation is 1. The molecule has 0 bridgehead atoms. The van der Waals surface area contributed by atoms with Crippen LogP contribution in [0.1, 0.15) is 43.1 Å². The van der Waals surface area contributed by atoms with Gasteiger partial charge in [0.15, 0.2) is 0 Å². The molecule has 1 aliphatic carbocycles. The van der Waals surface area contributed by atoms with Gasteiger partial charge >= 0.3 is 5.97 Å². The van der Waals surface area contributed by atoms with E-state index < -0.39 is 5.54 Å². The van der Waals surface area contributed by atoms with Crippen LogP contribution < -0.4 is 5.73 Å². The minimum atomic E-state index is -0.845. The molecule has 1 aromatic heterocycles. The summed E-state index contributed by atoms with van der Waals surface area (Å²) >= 11 is 0. The molecule has 0 amide bonds.